The van der Waals surface area contributed by atoms with Crippen molar-refractivity contribution in [2.45, 2.75) is 24.0 Å². The first-order valence-corrected chi connectivity index (χ1v) is 8.04. The van der Waals surface area contributed by atoms with Gasteiger partial charge in [-0.15, -0.1) is 11.8 Å². The van der Waals surface area contributed by atoms with Crippen molar-refractivity contribution in [3.8, 4) is 0 Å². The smallest absolute Gasteiger partial charge is 0.253 e. The second-order valence-corrected chi connectivity index (χ2v) is 6.63. The molecule has 1 amide bonds. The van der Waals surface area contributed by atoms with Crippen molar-refractivity contribution in [1.29, 1.82) is 0 Å². The zero-order valence-electron chi connectivity index (χ0n) is 11.7. The van der Waals surface area contributed by atoms with Gasteiger partial charge in [-0.05, 0) is 41.9 Å². The van der Waals surface area contributed by atoms with Crippen LogP contribution in [-0.4, -0.2) is 17.4 Å². The summed E-state index contributed by atoms with van der Waals surface area (Å²) in [6.07, 6.45) is 1.48. The fourth-order valence-corrected chi connectivity index (χ4v) is 2.74. The Kier molecular flexibility index (Phi) is 5.64. The van der Waals surface area contributed by atoms with E-state index in [1.54, 1.807) is 6.07 Å². The van der Waals surface area contributed by atoms with Crippen molar-refractivity contribution in [1.82, 2.24) is 5.43 Å². The fourth-order valence-electron chi connectivity index (χ4n) is 1.55. The van der Waals surface area contributed by atoms with Crippen molar-refractivity contribution in [3.63, 3.8) is 0 Å². The number of thioether (sulfide) groups is 1. The molecule has 0 aliphatic heterocycles. The van der Waals surface area contributed by atoms with Gasteiger partial charge >= 0.3 is 0 Å². The van der Waals surface area contributed by atoms with Gasteiger partial charge in [-0.1, -0.05) is 18.2 Å². The van der Waals surface area contributed by atoms with Gasteiger partial charge in [0.05, 0.1) is 15.9 Å². The molecule has 0 aliphatic carbocycles. The largest absolute Gasteiger partial charge is 0.459 e. The first-order valence-electron chi connectivity index (χ1n) is 6.37. The third kappa shape index (κ3) is 4.75. The van der Waals surface area contributed by atoms with Gasteiger partial charge in [-0.2, -0.15) is 5.10 Å². The Hall–Kier alpha value is -1.53. The summed E-state index contributed by atoms with van der Waals surface area (Å²) in [5.41, 5.74) is 2.51. The molecule has 0 fully saturated rings. The summed E-state index contributed by atoms with van der Waals surface area (Å²) in [4.78, 5) is 13.0. The summed E-state index contributed by atoms with van der Waals surface area (Å²) in [6.45, 7) is 3.69. The molecule has 110 valence electrons. The summed E-state index contributed by atoms with van der Waals surface area (Å²) in [7, 11) is 0. The second kappa shape index (κ2) is 7.47. The molecule has 1 unspecified atom stereocenters. The number of benzene rings is 1. The van der Waals surface area contributed by atoms with Crippen molar-refractivity contribution >= 4 is 39.8 Å². The molecule has 1 heterocycles. The minimum Gasteiger partial charge on any atom is -0.459 e. The molecular weight excluding hydrogens is 352 g/mol. The Bertz CT molecular complexity index is 621. The minimum atomic E-state index is -0.227. The van der Waals surface area contributed by atoms with Crippen LogP contribution in [-0.2, 0) is 4.79 Å². The van der Waals surface area contributed by atoms with Crippen LogP contribution in [0.25, 0.3) is 0 Å². The summed E-state index contributed by atoms with van der Waals surface area (Å²) in [5, 5.41) is 3.68. The van der Waals surface area contributed by atoms with E-state index in [1.807, 2.05) is 44.2 Å². The van der Waals surface area contributed by atoms with Gasteiger partial charge in [0, 0.05) is 11.0 Å². The zero-order valence-corrected chi connectivity index (χ0v) is 14.1. The van der Waals surface area contributed by atoms with Crippen molar-refractivity contribution in [2.24, 2.45) is 5.10 Å². The maximum atomic E-state index is 11.9. The third-order valence-corrected chi connectivity index (χ3v) is 4.57. The SMILES string of the molecule is Cc1oc(C=NNC(=O)C(C)Sc2ccccc2)cc1Br. The number of furan rings is 1. The normalized spacial score (nSPS) is 12.5. The van der Waals surface area contributed by atoms with Crippen LogP contribution in [0.3, 0.4) is 0 Å². The van der Waals surface area contributed by atoms with Crippen LogP contribution < -0.4 is 5.43 Å². The van der Waals surface area contributed by atoms with E-state index in [4.69, 9.17) is 4.42 Å². The van der Waals surface area contributed by atoms with Gasteiger partial charge in [0.15, 0.2) is 0 Å². The van der Waals surface area contributed by atoms with Gasteiger partial charge < -0.3 is 4.42 Å². The molecule has 0 aliphatic rings. The van der Waals surface area contributed by atoms with E-state index in [0.717, 1.165) is 15.1 Å². The van der Waals surface area contributed by atoms with Gasteiger partial charge in [0.2, 0.25) is 0 Å². The molecule has 0 saturated carbocycles. The Morgan fingerprint density at radius 2 is 2.14 bits per heavy atom. The van der Waals surface area contributed by atoms with Crippen LogP contribution in [0.5, 0.6) is 0 Å². The molecule has 2 rings (SSSR count). The van der Waals surface area contributed by atoms with E-state index in [-0.39, 0.29) is 11.2 Å². The molecule has 1 N–H and O–H groups in total. The summed E-state index contributed by atoms with van der Waals surface area (Å²) < 4.78 is 6.28. The Labute approximate surface area is 136 Å². The zero-order chi connectivity index (χ0) is 15.2. The Balaban J connectivity index is 1.86. The lowest BCUT2D eigenvalue weighted by Crippen LogP contribution is -2.26. The van der Waals surface area contributed by atoms with Crippen LogP contribution in [0.1, 0.15) is 18.4 Å². The molecular formula is C15H15BrN2O2S. The van der Waals surface area contributed by atoms with Gasteiger partial charge in [0.1, 0.15) is 11.5 Å². The Morgan fingerprint density at radius 1 is 1.43 bits per heavy atom. The monoisotopic (exact) mass is 366 g/mol. The number of carbonyl (C=O) groups is 1. The van der Waals surface area contributed by atoms with Crippen molar-refractivity contribution < 1.29 is 9.21 Å². The number of hydrogen-bond donors (Lipinski definition) is 1. The summed E-state index contributed by atoms with van der Waals surface area (Å²) in [6, 6.07) is 11.6. The number of carbonyl (C=O) groups excluding carboxylic acids is 1. The first kappa shape index (κ1) is 15.9. The van der Waals surface area contributed by atoms with Crippen LogP contribution in [0.2, 0.25) is 0 Å². The summed E-state index contributed by atoms with van der Waals surface area (Å²) >= 11 is 4.84. The molecule has 0 radical (unpaired) electrons. The molecule has 4 nitrogen and oxygen atoms in total. The highest BCUT2D eigenvalue weighted by molar-refractivity contribution is 9.10. The van der Waals surface area contributed by atoms with Gasteiger partial charge in [0.25, 0.3) is 5.91 Å². The molecule has 2 aromatic rings. The van der Waals surface area contributed by atoms with E-state index in [2.05, 4.69) is 26.5 Å². The number of aryl methyl sites for hydroxylation is 1. The molecule has 0 spiro atoms. The number of halogens is 1. The van der Waals surface area contributed by atoms with E-state index in [1.165, 1.54) is 18.0 Å². The fraction of sp³-hybridized carbons (Fsp3) is 0.200. The van der Waals surface area contributed by atoms with Crippen LogP contribution in [0, 0.1) is 6.92 Å². The topological polar surface area (TPSA) is 54.6 Å². The van der Waals surface area contributed by atoms with Crippen molar-refractivity contribution in [2.75, 3.05) is 0 Å². The Morgan fingerprint density at radius 3 is 2.76 bits per heavy atom. The standard InChI is InChI=1S/C15H15BrN2O2S/c1-10-14(16)8-12(20-10)9-17-18-15(19)11(2)21-13-6-4-3-5-7-13/h3-9,11H,1-2H3,(H,18,19). The highest BCUT2D eigenvalue weighted by Gasteiger charge is 2.13. The summed E-state index contributed by atoms with van der Waals surface area (Å²) in [5.74, 6) is 1.21. The second-order valence-electron chi connectivity index (χ2n) is 4.36. The predicted octanol–water partition coefficient (Wildman–Crippen LogP) is 3.98. The number of hydrogen-bond acceptors (Lipinski definition) is 4. The molecule has 1 atom stereocenters. The molecule has 6 heteroatoms. The first-order chi connectivity index (χ1) is 10.1. The van der Waals surface area contributed by atoms with Crippen LogP contribution >= 0.6 is 27.7 Å². The van der Waals surface area contributed by atoms with Crippen LogP contribution in [0.4, 0.5) is 0 Å². The maximum Gasteiger partial charge on any atom is 0.253 e. The van der Waals surface area contributed by atoms with E-state index in [0.29, 0.717) is 5.76 Å². The van der Waals surface area contributed by atoms with E-state index in [9.17, 15) is 4.79 Å². The molecule has 0 saturated heterocycles. The number of amides is 1. The molecule has 1 aromatic carbocycles. The van der Waals surface area contributed by atoms with Crippen molar-refractivity contribution in [3.05, 3.63) is 52.4 Å². The van der Waals surface area contributed by atoms with Gasteiger partial charge in [-0.3, -0.25) is 4.79 Å². The number of rotatable bonds is 5. The third-order valence-electron chi connectivity index (χ3n) is 2.67. The van der Waals surface area contributed by atoms with Gasteiger partial charge in [-0.25, -0.2) is 5.43 Å². The number of nitrogens with one attached hydrogen (secondary N) is 1. The molecule has 1 aromatic heterocycles. The lowest BCUT2D eigenvalue weighted by atomic mass is 10.4. The molecule has 21 heavy (non-hydrogen) atoms. The highest BCUT2D eigenvalue weighted by Crippen LogP contribution is 2.22. The number of nitrogens with zero attached hydrogens (tertiary/aromatic N) is 1. The van der Waals surface area contributed by atoms with E-state index < -0.39 is 0 Å². The highest BCUT2D eigenvalue weighted by atomic mass is 79.9. The lowest BCUT2D eigenvalue weighted by Gasteiger charge is -2.08. The van der Waals surface area contributed by atoms with Crippen LogP contribution in [0.15, 0.2) is 55.3 Å². The average molecular weight is 367 g/mol. The lowest BCUT2D eigenvalue weighted by molar-refractivity contribution is -0.120. The maximum absolute atomic E-state index is 11.9. The van der Waals surface area contributed by atoms with E-state index >= 15 is 0 Å². The number of hydrazone groups is 1. The predicted molar refractivity (Wildman–Crippen MR) is 88.6 cm³/mol. The minimum absolute atomic E-state index is 0.151. The molecule has 0 bridgehead atoms. The average Bonchev–Trinajstić information content (AvgIpc) is 2.78. The quantitative estimate of drug-likeness (QED) is 0.494.